The number of hydrogen-bond acceptors (Lipinski definition) is 4. The zero-order valence-corrected chi connectivity index (χ0v) is 15.5. The second-order valence-electron chi connectivity index (χ2n) is 6.13. The molecule has 0 saturated carbocycles. The number of pyridine rings is 1. The summed E-state index contributed by atoms with van der Waals surface area (Å²) in [6.07, 6.45) is 1.55. The highest BCUT2D eigenvalue weighted by Gasteiger charge is 2.27. The minimum Gasteiger partial charge on any atom is -0.439 e. The predicted octanol–water partition coefficient (Wildman–Crippen LogP) is 4.03. The summed E-state index contributed by atoms with van der Waals surface area (Å²) in [4.78, 5) is 16.2. The maximum atomic E-state index is 12.0. The number of nitrogens with one attached hydrogen (secondary N) is 1. The van der Waals surface area contributed by atoms with E-state index in [2.05, 4.69) is 10.3 Å². The Labute approximate surface area is 154 Å². The van der Waals surface area contributed by atoms with E-state index in [1.807, 2.05) is 51.1 Å². The molecule has 2 aromatic rings. The van der Waals surface area contributed by atoms with E-state index >= 15 is 0 Å². The number of nitrogens with zero attached hydrogens (tertiary/aromatic N) is 1. The summed E-state index contributed by atoms with van der Waals surface area (Å²) < 4.78 is 5.59. The van der Waals surface area contributed by atoms with Gasteiger partial charge >= 0.3 is 0 Å². The van der Waals surface area contributed by atoms with Crippen LogP contribution >= 0.6 is 24.8 Å². The van der Waals surface area contributed by atoms with Crippen molar-refractivity contribution < 1.29 is 9.53 Å². The highest BCUT2D eigenvalue weighted by molar-refractivity contribution is 5.95. The summed E-state index contributed by atoms with van der Waals surface area (Å²) in [7, 11) is 0. The number of rotatable bonds is 4. The quantitative estimate of drug-likeness (QED) is 0.850. The SMILES string of the molecule is CC(C)(C)[C@H](N)C(=O)Nc1ccc(Oc2ccccc2)nc1.Cl.Cl. The van der Waals surface area contributed by atoms with Crippen molar-refractivity contribution in [2.75, 3.05) is 5.32 Å². The topological polar surface area (TPSA) is 77.2 Å². The van der Waals surface area contributed by atoms with E-state index in [0.717, 1.165) is 0 Å². The summed E-state index contributed by atoms with van der Waals surface area (Å²) in [5.41, 5.74) is 6.21. The molecule has 0 aliphatic carbocycles. The van der Waals surface area contributed by atoms with Gasteiger partial charge in [0.25, 0.3) is 0 Å². The van der Waals surface area contributed by atoms with Crippen LogP contribution in [0, 0.1) is 5.41 Å². The Morgan fingerprint density at radius 1 is 1.12 bits per heavy atom. The Kier molecular flexibility index (Phi) is 8.75. The van der Waals surface area contributed by atoms with Crippen molar-refractivity contribution in [1.29, 1.82) is 0 Å². The van der Waals surface area contributed by atoms with Gasteiger partial charge < -0.3 is 15.8 Å². The fraction of sp³-hybridized carbons (Fsp3) is 0.294. The van der Waals surface area contributed by atoms with Crippen molar-refractivity contribution in [2.24, 2.45) is 11.1 Å². The number of hydrogen-bond donors (Lipinski definition) is 2. The van der Waals surface area contributed by atoms with Crippen LogP contribution in [0.15, 0.2) is 48.7 Å². The van der Waals surface area contributed by atoms with Crippen molar-refractivity contribution in [1.82, 2.24) is 4.98 Å². The van der Waals surface area contributed by atoms with Gasteiger partial charge in [0.05, 0.1) is 17.9 Å². The highest BCUT2D eigenvalue weighted by Crippen LogP contribution is 2.21. The molecular formula is C17H23Cl2N3O2. The summed E-state index contributed by atoms with van der Waals surface area (Å²) in [6, 6.07) is 12.2. The number of ether oxygens (including phenoxy) is 1. The van der Waals surface area contributed by atoms with Crippen LogP contribution in [-0.2, 0) is 4.79 Å². The normalized spacial score (nSPS) is 11.5. The van der Waals surface area contributed by atoms with E-state index in [9.17, 15) is 4.79 Å². The molecule has 0 aliphatic heterocycles. The van der Waals surface area contributed by atoms with Crippen LogP contribution in [0.5, 0.6) is 11.6 Å². The highest BCUT2D eigenvalue weighted by atomic mass is 35.5. The molecule has 2 rings (SSSR count). The molecule has 7 heteroatoms. The van der Waals surface area contributed by atoms with Gasteiger partial charge in [0.15, 0.2) is 0 Å². The van der Waals surface area contributed by atoms with Crippen molar-refractivity contribution in [3.05, 3.63) is 48.7 Å². The van der Waals surface area contributed by atoms with Crippen molar-refractivity contribution in [2.45, 2.75) is 26.8 Å². The Balaban J connectivity index is 0.00000264. The molecule has 0 bridgehead atoms. The van der Waals surface area contributed by atoms with Crippen LogP contribution < -0.4 is 15.8 Å². The van der Waals surface area contributed by atoms with Crippen molar-refractivity contribution >= 4 is 36.4 Å². The lowest BCUT2D eigenvalue weighted by atomic mass is 9.87. The van der Waals surface area contributed by atoms with Crippen LogP contribution in [0.3, 0.4) is 0 Å². The molecule has 24 heavy (non-hydrogen) atoms. The van der Waals surface area contributed by atoms with E-state index < -0.39 is 6.04 Å². The third-order valence-electron chi connectivity index (χ3n) is 3.18. The average Bonchev–Trinajstić information content (AvgIpc) is 2.48. The second-order valence-corrected chi connectivity index (χ2v) is 6.13. The van der Waals surface area contributed by atoms with Crippen molar-refractivity contribution in [3.63, 3.8) is 0 Å². The van der Waals surface area contributed by atoms with Gasteiger partial charge in [0, 0.05) is 6.07 Å². The molecule has 0 unspecified atom stereocenters. The molecule has 5 nitrogen and oxygen atoms in total. The van der Waals surface area contributed by atoms with Gasteiger partial charge in [-0.3, -0.25) is 4.79 Å². The number of anilines is 1. The lowest BCUT2D eigenvalue weighted by molar-refractivity contribution is -0.119. The third-order valence-corrected chi connectivity index (χ3v) is 3.18. The number of carbonyl (C=O) groups excluding carboxylic acids is 1. The maximum absolute atomic E-state index is 12.0. The minimum absolute atomic E-state index is 0. The lowest BCUT2D eigenvalue weighted by Gasteiger charge is -2.25. The first-order valence-corrected chi connectivity index (χ1v) is 7.11. The van der Waals surface area contributed by atoms with Crippen LogP contribution in [0.25, 0.3) is 0 Å². The zero-order chi connectivity index (χ0) is 16.2. The Morgan fingerprint density at radius 3 is 2.25 bits per heavy atom. The van der Waals surface area contributed by atoms with E-state index in [1.54, 1.807) is 18.3 Å². The summed E-state index contributed by atoms with van der Waals surface area (Å²) in [5.74, 6) is 0.942. The van der Waals surface area contributed by atoms with Crippen molar-refractivity contribution in [3.8, 4) is 11.6 Å². The third kappa shape index (κ3) is 6.35. The number of aromatic nitrogens is 1. The number of para-hydroxylation sites is 1. The molecular weight excluding hydrogens is 349 g/mol. The van der Waals surface area contributed by atoms with Gasteiger partial charge in [-0.25, -0.2) is 4.98 Å². The fourth-order valence-corrected chi connectivity index (χ4v) is 1.74. The van der Waals surface area contributed by atoms with Gasteiger partial charge in [-0.15, -0.1) is 24.8 Å². The molecule has 132 valence electrons. The summed E-state index contributed by atoms with van der Waals surface area (Å²) >= 11 is 0. The van der Waals surface area contributed by atoms with Crippen LogP contribution in [0.2, 0.25) is 0 Å². The number of halogens is 2. The first-order valence-electron chi connectivity index (χ1n) is 7.11. The van der Waals surface area contributed by atoms with Gasteiger partial charge in [0.2, 0.25) is 11.8 Å². The van der Waals surface area contributed by atoms with Crippen LogP contribution in [-0.4, -0.2) is 16.9 Å². The largest absolute Gasteiger partial charge is 0.439 e. The molecule has 0 saturated heterocycles. The average molecular weight is 372 g/mol. The fourth-order valence-electron chi connectivity index (χ4n) is 1.74. The van der Waals surface area contributed by atoms with Crippen LogP contribution in [0.1, 0.15) is 20.8 Å². The van der Waals surface area contributed by atoms with Gasteiger partial charge in [0.1, 0.15) is 5.75 Å². The molecule has 0 fully saturated rings. The van der Waals surface area contributed by atoms with E-state index in [-0.39, 0.29) is 36.1 Å². The predicted molar refractivity (Wildman–Crippen MR) is 101 cm³/mol. The maximum Gasteiger partial charge on any atom is 0.241 e. The van der Waals surface area contributed by atoms with Gasteiger partial charge in [-0.05, 0) is 23.6 Å². The molecule has 1 aromatic carbocycles. The molecule has 0 aliphatic rings. The second kappa shape index (κ2) is 9.47. The smallest absolute Gasteiger partial charge is 0.241 e. The zero-order valence-electron chi connectivity index (χ0n) is 13.9. The number of carbonyl (C=O) groups is 1. The number of benzene rings is 1. The summed E-state index contributed by atoms with van der Waals surface area (Å²) in [5, 5.41) is 2.76. The van der Waals surface area contributed by atoms with E-state index in [1.165, 1.54) is 0 Å². The van der Waals surface area contributed by atoms with Gasteiger partial charge in [-0.2, -0.15) is 0 Å². The monoisotopic (exact) mass is 371 g/mol. The Hall–Kier alpha value is -1.82. The molecule has 1 amide bonds. The molecule has 3 N–H and O–H groups in total. The molecule has 0 spiro atoms. The standard InChI is InChI=1S/C17H21N3O2.2ClH/c1-17(2,3)15(18)16(21)20-12-9-10-14(19-11-12)22-13-7-5-4-6-8-13;;/h4-11,15H,18H2,1-3H3,(H,20,21);2*1H/t15-;;/m1../s1. The molecule has 1 aromatic heterocycles. The molecule has 1 atom stereocenters. The molecule has 0 radical (unpaired) electrons. The minimum atomic E-state index is -0.590. The van der Waals surface area contributed by atoms with E-state index in [4.69, 9.17) is 10.5 Å². The summed E-state index contributed by atoms with van der Waals surface area (Å²) in [6.45, 7) is 5.77. The van der Waals surface area contributed by atoms with Gasteiger partial charge in [-0.1, -0.05) is 39.0 Å². The number of nitrogens with two attached hydrogens (primary N) is 1. The first kappa shape index (κ1) is 22.2. The number of amides is 1. The van der Waals surface area contributed by atoms with E-state index in [0.29, 0.717) is 17.3 Å². The Morgan fingerprint density at radius 2 is 1.75 bits per heavy atom. The molecule has 1 heterocycles. The Bertz CT molecular complexity index is 629. The van der Waals surface area contributed by atoms with Crippen LogP contribution in [0.4, 0.5) is 5.69 Å². The lowest BCUT2D eigenvalue weighted by Crippen LogP contribution is -2.45. The first-order chi connectivity index (χ1) is 10.4.